The lowest BCUT2D eigenvalue weighted by atomic mass is 9.91. The number of nitrogens with one attached hydrogen (secondary N) is 1. The summed E-state index contributed by atoms with van der Waals surface area (Å²) >= 11 is 0. The van der Waals surface area contributed by atoms with Gasteiger partial charge in [-0.25, -0.2) is 0 Å². The molecule has 0 spiro atoms. The molecule has 4 nitrogen and oxygen atoms in total. The first-order chi connectivity index (χ1) is 10.1. The van der Waals surface area contributed by atoms with E-state index in [1.54, 1.807) is 0 Å². The van der Waals surface area contributed by atoms with Crippen molar-refractivity contribution in [3.05, 3.63) is 35.5 Å². The maximum absolute atomic E-state index is 11.1. The highest BCUT2D eigenvalue weighted by Gasteiger charge is 2.22. The number of hydrogen-bond donors (Lipinski definition) is 3. The minimum Gasteiger partial charge on any atom is -0.480 e. The van der Waals surface area contributed by atoms with E-state index in [-0.39, 0.29) is 0 Å². The van der Waals surface area contributed by atoms with E-state index in [1.807, 2.05) is 24.3 Å². The first kappa shape index (κ1) is 15.6. The van der Waals surface area contributed by atoms with Crippen LogP contribution in [0.2, 0.25) is 0 Å². The third-order valence-electron chi connectivity index (χ3n) is 4.13. The maximum atomic E-state index is 11.1. The van der Waals surface area contributed by atoms with Gasteiger partial charge in [0.1, 0.15) is 6.04 Å². The highest BCUT2D eigenvalue weighted by molar-refractivity contribution is 5.86. The lowest BCUT2D eigenvalue weighted by Gasteiger charge is -2.16. The number of para-hydroxylation sites is 1. The highest BCUT2D eigenvalue weighted by atomic mass is 16.4. The Morgan fingerprint density at radius 3 is 2.67 bits per heavy atom. The van der Waals surface area contributed by atoms with Gasteiger partial charge in [-0.1, -0.05) is 38.5 Å². The zero-order valence-corrected chi connectivity index (χ0v) is 12.7. The van der Waals surface area contributed by atoms with Gasteiger partial charge >= 0.3 is 5.97 Å². The van der Waals surface area contributed by atoms with E-state index in [1.165, 1.54) is 0 Å². The van der Waals surface area contributed by atoms with Crippen LogP contribution in [0, 0.1) is 0 Å². The Morgan fingerprint density at radius 2 is 2.05 bits per heavy atom. The third-order valence-corrected chi connectivity index (χ3v) is 4.13. The number of aliphatic carboxylic acids is 1. The molecule has 0 saturated heterocycles. The number of hydrogen-bond acceptors (Lipinski definition) is 2. The number of aromatic nitrogens is 1. The standard InChI is InChI=1S/C17H24N2O2/c1-3-7-11(4-2)16-13(10-14(18)17(20)21)12-8-5-6-9-15(12)19-16/h5-6,8-9,11,14,19H,3-4,7,10,18H2,1-2H3,(H,20,21). The fourth-order valence-electron chi connectivity index (χ4n) is 3.00. The molecule has 1 aromatic carbocycles. The number of nitrogens with two attached hydrogens (primary N) is 1. The normalized spacial score (nSPS) is 14.2. The summed E-state index contributed by atoms with van der Waals surface area (Å²) < 4.78 is 0. The van der Waals surface area contributed by atoms with Gasteiger partial charge in [-0.05, 0) is 30.4 Å². The number of carbonyl (C=O) groups is 1. The maximum Gasteiger partial charge on any atom is 0.320 e. The van der Waals surface area contributed by atoms with Crippen LogP contribution in [-0.4, -0.2) is 22.1 Å². The average Bonchev–Trinajstić information content (AvgIpc) is 2.83. The summed E-state index contributed by atoms with van der Waals surface area (Å²) in [5.41, 5.74) is 9.07. The molecule has 2 atom stereocenters. The second kappa shape index (κ2) is 6.76. The van der Waals surface area contributed by atoms with Crippen LogP contribution in [0.3, 0.4) is 0 Å². The van der Waals surface area contributed by atoms with Crippen molar-refractivity contribution in [1.29, 1.82) is 0 Å². The minimum atomic E-state index is -0.949. The van der Waals surface area contributed by atoms with E-state index in [0.717, 1.165) is 41.4 Å². The summed E-state index contributed by atoms with van der Waals surface area (Å²) in [5.74, 6) is -0.520. The zero-order chi connectivity index (χ0) is 15.4. The van der Waals surface area contributed by atoms with Gasteiger partial charge in [0.15, 0.2) is 0 Å². The summed E-state index contributed by atoms with van der Waals surface area (Å²) in [7, 11) is 0. The SMILES string of the molecule is CCCC(CC)c1[nH]c2ccccc2c1CC(N)C(=O)O. The molecule has 2 rings (SSSR count). The number of benzene rings is 1. The molecule has 0 saturated carbocycles. The number of aromatic amines is 1. The summed E-state index contributed by atoms with van der Waals surface area (Å²) in [6.45, 7) is 4.35. The number of fused-ring (bicyclic) bond motifs is 1. The van der Waals surface area contributed by atoms with Gasteiger partial charge in [0.2, 0.25) is 0 Å². The average molecular weight is 288 g/mol. The molecule has 21 heavy (non-hydrogen) atoms. The van der Waals surface area contributed by atoms with E-state index in [2.05, 4.69) is 18.8 Å². The molecule has 0 aliphatic carbocycles. The van der Waals surface area contributed by atoms with Crippen LogP contribution in [-0.2, 0) is 11.2 Å². The van der Waals surface area contributed by atoms with Crippen molar-refractivity contribution in [2.45, 2.75) is 51.5 Å². The molecule has 0 amide bonds. The van der Waals surface area contributed by atoms with Crippen molar-refractivity contribution < 1.29 is 9.90 Å². The van der Waals surface area contributed by atoms with Gasteiger partial charge in [-0.2, -0.15) is 0 Å². The lowest BCUT2D eigenvalue weighted by Crippen LogP contribution is -2.32. The fraction of sp³-hybridized carbons (Fsp3) is 0.471. The predicted molar refractivity (Wildman–Crippen MR) is 85.6 cm³/mol. The largest absolute Gasteiger partial charge is 0.480 e. The summed E-state index contributed by atoms with van der Waals surface area (Å²) in [6.07, 6.45) is 3.61. The van der Waals surface area contributed by atoms with Crippen molar-refractivity contribution in [3.8, 4) is 0 Å². The van der Waals surface area contributed by atoms with Crippen molar-refractivity contribution >= 4 is 16.9 Å². The molecular formula is C17H24N2O2. The van der Waals surface area contributed by atoms with Gasteiger partial charge < -0.3 is 15.8 Å². The number of carboxylic acids is 1. The Kier molecular flexibility index (Phi) is 5.02. The topological polar surface area (TPSA) is 79.1 Å². The van der Waals surface area contributed by atoms with Crippen LogP contribution in [0.25, 0.3) is 10.9 Å². The molecule has 0 aliphatic rings. The Balaban J connectivity index is 2.49. The molecule has 2 aromatic rings. The molecule has 0 bridgehead atoms. The molecule has 114 valence electrons. The smallest absolute Gasteiger partial charge is 0.320 e. The molecule has 0 fully saturated rings. The monoisotopic (exact) mass is 288 g/mol. The summed E-state index contributed by atoms with van der Waals surface area (Å²) in [4.78, 5) is 14.6. The molecule has 1 heterocycles. The van der Waals surface area contributed by atoms with Crippen molar-refractivity contribution in [3.63, 3.8) is 0 Å². The fourth-order valence-corrected chi connectivity index (χ4v) is 3.00. The molecule has 0 aliphatic heterocycles. The van der Waals surface area contributed by atoms with E-state index in [4.69, 9.17) is 10.8 Å². The van der Waals surface area contributed by atoms with E-state index in [0.29, 0.717) is 12.3 Å². The van der Waals surface area contributed by atoms with Gasteiger partial charge in [0, 0.05) is 23.0 Å². The second-order valence-corrected chi connectivity index (χ2v) is 5.61. The Hall–Kier alpha value is -1.81. The molecule has 4 heteroatoms. The van der Waals surface area contributed by atoms with E-state index < -0.39 is 12.0 Å². The Labute approximate surface area is 125 Å². The van der Waals surface area contributed by atoms with Crippen LogP contribution in [0.5, 0.6) is 0 Å². The molecule has 1 aromatic heterocycles. The first-order valence-electron chi connectivity index (χ1n) is 7.66. The molecule has 0 radical (unpaired) electrons. The van der Waals surface area contributed by atoms with Gasteiger partial charge in [-0.15, -0.1) is 0 Å². The van der Waals surface area contributed by atoms with E-state index >= 15 is 0 Å². The lowest BCUT2D eigenvalue weighted by molar-refractivity contribution is -0.138. The highest BCUT2D eigenvalue weighted by Crippen LogP contribution is 2.32. The molecule has 2 unspecified atom stereocenters. The van der Waals surface area contributed by atoms with Crippen molar-refractivity contribution in [1.82, 2.24) is 4.98 Å². The molecular weight excluding hydrogens is 264 g/mol. The number of rotatable bonds is 7. The minimum absolute atomic E-state index is 0.370. The van der Waals surface area contributed by atoms with Crippen LogP contribution in [0.4, 0.5) is 0 Å². The van der Waals surface area contributed by atoms with E-state index in [9.17, 15) is 4.79 Å². The molecule has 4 N–H and O–H groups in total. The summed E-state index contributed by atoms with van der Waals surface area (Å²) in [6, 6.07) is 7.19. The number of H-pyrrole nitrogens is 1. The van der Waals surface area contributed by atoms with Gasteiger partial charge in [0.25, 0.3) is 0 Å². The number of carboxylic acid groups (broad SMARTS) is 1. The van der Waals surface area contributed by atoms with Crippen molar-refractivity contribution in [2.24, 2.45) is 5.73 Å². The van der Waals surface area contributed by atoms with Crippen molar-refractivity contribution in [2.75, 3.05) is 0 Å². The predicted octanol–water partition coefficient (Wildman–Crippen LogP) is 3.42. The third kappa shape index (κ3) is 3.27. The van der Waals surface area contributed by atoms with Crippen LogP contribution >= 0.6 is 0 Å². The van der Waals surface area contributed by atoms with Gasteiger partial charge in [-0.3, -0.25) is 4.79 Å². The van der Waals surface area contributed by atoms with Gasteiger partial charge in [0.05, 0.1) is 0 Å². The van der Waals surface area contributed by atoms with Crippen LogP contribution < -0.4 is 5.73 Å². The second-order valence-electron chi connectivity index (χ2n) is 5.61. The van der Waals surface area contributed by atoms with Crippen LogP contribution in [0.1, 0.15) is 50.3 Å². The summed E-state index contributed by atoms with van der Waals surface area (Å²) in [5, 5.41) is 10.2. The quantitative estimate of drug-likeness (QED) is 0.730. The Bertz CT molecular complexity index is 618. The Morgan fingerprint density at radius 1 is 1.33 bits per heavy atom. The van der Waals surface area contributed by atoms with Crippen LogP contribution in [0.15, 0.2) is 24.3 Å². The zero-order valence-electron chi connectivity index (χ0n) is 12.7. The first-order valence-corrected chi connectivity index (χ1v) is 7.66.